The number of nitrogens with zero attached hydrogens (tertiary/aromatic N) is 2. The number of hydrogen-bond acceptors (Lipinski definition) is 12. The van der Waals surface area contributed by atoms with Crippen molar-refractivity contribution in [2.24, 2.45) is 5.41 Å². The summed E-state index contributed by atoms with van der Waals surface area (Å²) >= 11 is 14.4. The van der Waals surface area contributed by atoms with Gasteiger partial charge in [0.05, 0.1) is 72.8 Å². The lowest BCUT2D eigenvalue weighted by Gasteiger charge is -2.47. The first-order valence-corrected chi connectivity index (χ1v) is 30.1. The Morgan fingerprint density at radius 2 is 1.55 bits per heavy atom. The SMILES string of the molecule is Cc1ncsc1-c1ccc([C@H](C)NC(=O)[C@@H]2CCCN2C(=O)[C@@H](NC(=O)CCOCCOCCOCCNC(=O)c2ccc(NC(=O)[C@@H]3NC4(CCCCC4)[C@@]4(C(=O)Nc5cc(Cl)ccc54)[C@H]3c3cccc(Cl)c3F)cc2)C(C)(C)C)cc1. The van der Waals surface area contributed by atoms with Gasteiger partial charge in [0.2, 0.25) is 29.5 Å². The Morgan fingerprint density at radius 1 is 0.855 bits per heavy atom. The van der Waals surface area contributed by atoms with Crippen molar-refractivity contribution in [3.05, 3.63) is 134 Å². The number of anilines is 2. The average molecular weight is 1200 g/mol. The van der Waals surface area contributed by atoms with Gasteiger partial charge in [0.15, 0.2) is 0 Å². The molecular weight excluding hydrogens is 1120 g/mol. The minimum atomic E-state index is -1.37. The van der Waals surface area contributed by atoms with Crippen LogP contribution in [-0.4, -0.2) is 122 Å². The molecule has 4 aliphatic rings. The lowest BCUT2D eigenvalue weighted by Crippen LogP contribution is -2.60. The first kappa shape index (κ1) is 61.2. The fourth-order valence-electron chi connectivity index (χ4n) is 12.4. The molecule has 1 aliphatic carbocycles. The van der Waals surface area contributed by atoms with Crippen molar-refractivity contribution in [1.29, 1.82) is 0 Å². The van der Waals surface area contributed by atoms with E-state index in [2.05, 4.69) is 36.9 Å². The molecule has 9 rings (SSSR count). The molecule has 4 aromatic carbocycles. The highest BCUT2D eigenvalue weighted by Gasteiger charge is 2.72. The highest BCUT2D eigenvalue weighted by atomic mass is 35.5. The lowest BCUT2D eigenvalue weighted by molar-refractivity contribution is -0.144. The second-order valence-electron chi connectivity index (χ2n) is 22.9. The number of fused-ring (bicyclic) bond motifs is 3. The molecule has 1 saturated carbocycles. The normalized spacial score (nSPS) is 20.7. The molecule has 2 spiro atoms. The highest BCUT2D eigenvalue weighted by molar-refractivity contribution is 7.13. The van der Waals surface area contributed by atoms with E-state index in [1.54, 1.807) is 70.8 Å². The number of amides is 6. The van der Waals surface area contributed by atoms with E-state index in [9.17, 15) is 28.8 Å². The number of carbonyl (C=O) groups excluding carboxylic acids is 6. The Labute approximate surface area is 497 Å². The predicted molar refractivity (Wildman–Crippen MR) is 318 cm³/mol. The third kappa shape index (κ3) is 13.3. The zero-order chi connectivity index (χ0) is 59.1. The van der Waals surface area contributed by atoms with E-state index >= 15 is 4.39 Å². The van der Waals surface area contributed by atoms with E-state index in [1.807, 2.05) is 64.4 Å². The second kappa shape index (κ2) is 26.7. The minimum Gasteiger partial charge on any atom is -0.379 e. The molecule has 2 saturated heterocycles. The highest BCUT2D eigenvalue weighted by Crippen LogP contribution is 2.63. The Bertz CT molecular complexity index is 3170. The smallest absolute Gasteiger partial charge is 0.251 e. The van der Waals surface area contributed by atoms with Crippen molar-refractivity contribution in [1.82, 2.24) is 31.2 Å². The third-order valence-corrected chi connectivity index (χ3v) is 18.0. The Morgan fingerprint density at radius 3 is 2.24 bits per heavy atom. The molecule has 5 aromatic rings. The molecule has 21 heteroatoms. The number of aromatic nitrogens is 1. The van der Waals surface area contributed by atoms with Crippen molar-refractivity contribution in [2.75, 3.05) is 63.4 Å². The zero-order valence-electron chi connectivity index (χ0n) is 47.5. The van der Waals surface area contributed by atoms with Gasteiger partial charge in [-0.15, -0.1) is 11.3 Å². The van der Waals surface area contributed by atoms with Gasteiger partial charge in [-0.3, -0.25) is 34.1 Å². The quantitative estimate of drug-likeness (QED) is 0.0359. The van der Waals surface area contributed by atoms with Crippen molar-refractivity contribution in [3.8, 4) is 10.4 Å². The number of nitrogens with one attached hydrogen (secondary N) is 6. The number of likely N-dealkylation sites (tertiary alicyclic amines) is 1. The number of aryl methyl sites for hydroxylation is 1. The van der Waals surface area contributed by atoms with Crippen LogP contribution in [0.25, 0.3) is 10.4 Å². The molecule has 6 amide bonds. The number of rotatable bonds is 22. The average Bonchev–Trinajstić information content (AvgIpc) is 1.54. The van der Waals surface area contributed by atoms with Crippen LogP contribution in [0.15, 0.2) is 90.4 Å². The molecule has 17 nitrogen and oxygen atoms in total. The molecule has 3 fully saturated rings. The van der Waals surface area contributed by atoms with Gasteiger partial charge in [0.25, 0.3) is 5.91 Å². The van der Waals surface area contributed by atoms with Crippen LogP contribution in [0.5, 0.6) is 0 Å². The van der Waals surface area contributed by atoms with Crippen LogP contribution in [0.3, 0.4) is 0 Å². The van der Waals surface area contributed by atoms with Gasteiger partial charge in [0.1, 0.15) is 23.3 Å². The van der Waals surface area contributed by atoms with E-state index in [0.29, 0.717) is 59.8 Å². The van der Waals surface area contributed by atoms with E-state index in [1.165, 1.54) is 6.07 Å². The molecule has 3 aliphatic heterocycles. The molecule has 6 atom stereocenters. The summed E-state index contributed by atoms with van der Waals surface area (Å²) in [6.07, 6.45) is 4.98. The van der Waals surface area contributed by atoms with Crippen LogP contribution in [0.1, 0.15) is 124 Å². The Balaban J connectivity index is 0.670. The molecule has 442 valence electrons. The molecule has 1 aromatic heterocycles. The maximum absolute atomic E-state index is 16.3. The summed E-state index contributed by atoms with van der Waals surface area (Å²) in [6, 6.07) is 21.5. The summed E-state index contributed by atoms with van der Waals surface area (Å²) < 4.78 is 33.2. The van der Waals surface area contributed by atoms with Crippen molar-refractivity contribution in [2.45, 2.75) is 127 Å². The summed E-state index contributed by atoms with van der Waals surface area (Å²) in [5.41, 5.74) is 4.02. The predicted octanol–water partition coefficient (Wildman–Crippen LogP) is 9.42. The van der Waals surface area contributed by atoms with E-state index in [-0.39, 0.29) is 98.8 Å². The summed E-state index contributed by atoms with van der Waals surface area (Å²) in [4.78, 5) is 90.2. The number of carbonyl (C=O) groups is 6. The van der Waals surface area contributed by atoms with E-state index in [0.717, 1.165) is 41.0 Å². The number of ether oxygens (including phenoxy) is 3. The van der Waals surface area contributed by atoms with Crippen LogP contribution < -0.4 is 31.9 Å². The van der Waals surface area contributed by atoms with Crippen LogP contribution in [0, 0.1) is 18.2 Å². The van der Waals surface area contributed by atoms with Crippen molar-refractivity contribution in [3.63, 3.8) is 0 Å². The standard InChI is InChI=1S/C62H73Cl2FN8O9S/c1-37(39-14-16-40(17-15-39)53-38(2)67-36-83-53)68-56(76)48-13-10-28-73(48)58(78)54(60(3,4)5)71-49(74)24-29-80-31-33-82-34-32-81-30-27-66-55(75)41-18-21-43(22-19-41)69-57(77)52-50(44-11-9-12-46(64)51(44)65)62(61(72-52)25-7-6-8-26-61)45-23-20-42(63)35-47(45)70-59(62)79/h9,11-12,14-23,35-37,48,50,52,54,72H,6-8,10,13,24-34H2,1-5H3,(H,66,75)(H,68,76)(H,69,77)(H,70,79)(H,71,74)/t37-,48-,50-,52+,54+,62+/m0/s1. The van der Waals surface area contributed by atoms with Gasteiger partial charge >= 0.3 is 0 Å². The molecule has 4 heterocycles. The van der Waals surface area contributed by atoms with Crippen LogP contribution in [-0.2, 0) is 43.6 Å². The van der Waals surface area contributed by atoms with Gasteiger partial charge in [-0.2, -0.15) is 0 Å². The van der Waals surface area contributed by atoms with Gasteiger partial charge in [-0.1, -0.05) is 106 Å². The summed E-state index contributed by atoms with van der Waals surface area (Å²) in [6.45, 7) is 11.6. The van der Waals surface area contributed by atoms with Gasteiger partial charge in [-0.25, -0.2) is 9.37 Å². The van der Waals surface area contributed by atoms with Crippen LogP contribution in [0.4, 0.5) is 15.8 Å². The number of benzene rings is 4. The topological polar surface area (TPSA) is 218 Å². The maximum atomic E-state index is 16.3. The third-order valence-electron chi connectivity index (χ3n) is 16.5. The molecule has 0 radical (unpaired) electrons. The first-order valence-electron chi connectivity index (χ1n) is 28.5. The first-order chi connectivity index (χ1) is 39.8. The summed E-state index contributed by atoms with van der Waals surface area (Å²) in [5, 5.41) is 18.8. The van der Waals surface area contributed by atoms with Gasteiger partial charge in [0, 0.05) is 52.9 Å². The minimum absolute atomic E-state index is 0.0297. The Kier molecular flexibility index (Phi) is 19.7. The van der Waals surface area contributed by atoms with Crippen molar-refractivity contribution >= 4 is 81.4 Å². The molecule has 6 N–H and O–H groups in total. The fraction of sp³-hybridized carbons (Fsp3) is 0.468. The number of hydrogen-bond donors (Lipinski definition) is 6. The molecule has 0 bridgehead atoms. The molecule has 83 heavy (non-hydrogen) atoms. The van der Waals surface area contributed by atoms with Gasteiger partial charge in [-0.05, 0) is 110 Å². The summed E-state index contributed by atoms with van der Waals surface area (Å²) in [7, 11) is 0. The zero-order valence-corrected chi connectivity index (χ0v) is 49.8. The number of halogens is 3. The van der Waals surface area contributed by atoms with Gasteiger partial charge < -0.3 is 45.7 Å². The maximum Gasteiger partial charge on any atom is 0.251 e. The Hall–Kier alpha value is -6.32. The number of thiazole rings is 1. The summed E-state index contributed by atoms with van der Waals surface area (Å²) in [5.74, 6) is -3.69. The second-order valence-corrected chi connectivity index (χ2v) is 24.6. The molecular formula is C62H73Cl2FN8O9S. The van der Waals surface area contributed by atoms with E-state index in [4.69, 9.17) is 37.4 Å². The van der Waals surface area contributed by atoms with Crippen LogP contribution >= 0.6 is 34.5 Å². The van der Waals surface area contributed by atoms with E-state index < -0.39 is 52.1 Å². The lowest BCUT2D eigenvalue weighted by atomic mass is 9.55. The fourth-order valence-corrected chi connectivity index (χ4v) is 13.6. The molecule has 0 unspecified atom stereocenters. The van der Waals surface area contributed by atoms with Crippen molar-refractivity contribution < 1.29 is 47.4 Å². The largest absolute Gasteiger partial charge is 0.379 e. The monoisotopic (exact) mass is 1190 g/mol. The van der Waals surface area contributed by atoms with Crippen LogP contribution in [0.2, 0.25) is 10.0 Å².